The Labute approximate surface area is 133 Å². The first-order chi connectivity index (χ1) is 9.99. The summed E-state index contributed by atoms with van der Waals surface area (Å²) in [7, 11) is 1.93. The van der Waals surface area contributed by atoms with Crippen LogP contribution in [0.25, 0.3) is 0 Å². The summed E-state index contributed by atoms with van der Waals surface area (Å²) in [5.74, 6) is 0. The molecule has 1 aromatic heterocycles. The molecule has 21 heavy (non-hydrogen) atoms. The summed E-state index contributed by atoms with van der Waals surface area (Å²) in [5.41, 5.74) is 2.16. The highest BCUT2D eigenvalue weighted by Crippen LogP contribution is 2.23. The molecule has 0 amide bonds. The highest BCUT2D eigenvalue weighted by Gasteiger charge is 2.17. The van der Waals surface area contributed by atoms with E-state index in [1.807, 2.05) is 18.7 Å². The molecule has 1 rings (SSSR count). The van der Waals surface area contributed by atoms with Crippen molar-refractivity contribution in [3.63, 3.8) is 0 Å². The lowest BCUT2D eigenvalue weighted by molar-refractivity contribution is 0.0144. The Morgan fingerprint density at radius 1 is 1.38 bits per heavy atom. The molecule has 1 N–H and O–H groups in total. The number of likely N-dealkylation sites (N-methyl/N-ethyl adjacent to an activating group) is 1. The van der Waals surface area contributed by atoms with Gasteiger partial charge in [0.15, 0.2) is 0 Å². The number of hydrogen-bond acceptors (Lipinski definition) is 3. The second-order valence-electron chi connectivity index (χ2n) is 4.90. The number of hydrogen-bond donors (Lipinski definition) is 1. The molecule has 0 saturated heterocycles. The van der Waals surface area contributed by atoms with E-state index in [0.717, 1.165) is 35.2 Å². The molecule has 0 bridgehead atoms. The molecule has 4 nitrogen and oxygen atoms in total. The van der Waals surface area contributed by atoms with E-state index in [9.17, 15) is 8.78 Å². The standard InChI is InChI=1S/C14H24BrF2N3O/c1-4-11-14(15)12(20(3)19-11)8-10(18-5-2)6-7-21-9-13(16)17/h10,13,18H,4-9H2,1-3H3. The van der Waals surface area contributed by atoms with Crippen molar-refractivity contribution in [1.82, 2.24) is 15.1 Å². The second-order valence-corrected chi connectivity index (χ2v) is 5.69. The third-order valence-corrected chi connectivity index (χ3v) is 4.21. The molecule has 0 saturated carbocycles. The van der Waals surface area contributed by atoms with Gasteiger partial charge in [0, 0.05) is 26.1 Å². The van der Waals surface area contributed by atoms with Gasteiger partial charge in [-0.15, -0.1) is 0 Å². The van der Waals surface area contributed by atoms with Crippen LogP contribution < -0.4 is 5.32 Å². The lowest BCUT2D eigenvalue weighted by atomic mass is 10.1. The average molecular weight is 368 g/mol. The summed E-state index contributed by atoms with van der Waals surface area (Å²) in [6.07, 6.45) is -0.0474. The second kappa shape index (κ2) is 9.48. The maximum atomic E-state index is 12.0. The zero-order chi connectivity index (χ0) is 15.8. The molecule has 0 aliphatic rings. The number of rotatable bonds is 10. The fourth-order valence-electron chi connectivity index (χ4n) is 2.24. The molecule has 0 aliphatic carbocycles. The van der Waals surface area contributed by atoms with Crippen LogP contribution >= 0.6 is 15.9 Å². The molecular formula is C14H24BrF2N3O. The van der Waals surface area contributed by atoms with Crippen molar-refractivity contribution in [3.05, 3.63) is 15.9 Å². The molecule has 1 heterocycles. The van der Waals surface area contributed by atoms with Gasteiger partial charge >= 0.3 is 0 Å². The van der Waals surface area contributed by atoms with Crippen LogP contribution in [0.2, 0.25) is 0 Å². The molecule has 0 radical (unpaired) electrons. The van der Waals surface area contributed by atoms with Crippen molar-refractivity contribution >= 4 is 15.9 Å². The minimum Gasteiger partial charge on any atom is -0.375 e. The SMILES string of the molecule is CCNC(CCOCC(F)F)Cc1c(Br)c(CC)nn1C. The van der Waals surface area contributed by atoms with E-state index < -0.39 is 13.0 Å². The van der Waals surface area contributed by atoms with E-state index in [-0.39, 0.29) is 6.04 Å². The average Bonchev–Trinajstić information content (AvgIpc) is 2.70. The number of ether oxygens (including phenoxy) is 1. The smallest absolute Gasteiger partial charge is 0.261 e. The van der Waals surface area contributed by atoms with Gasteiger partial charge < -0.3 is 10.1 Å². The van der Waals surface area contributed by atoms with Gasteiger partial charge in [0.1, 0.15) is 6.61 Å². The predicted octanol–water partition coefficient (Wildman–Crippen LogP) is 2.94. The largest absolute Gasteiger partial charge is 0.375 e. The Balaban J connectivity index is 2.59. The van der Waals surface area contributed by atoms with Gasteiger partial charge in [0.25, 0.3) is 6.43 Å². The number of alkyl halides is 2. The molecule has 1 aromatic rings. The zero-order valence-electron chi connectivity index (χ0n) is 12.8. The maximum absolute atomic E-state index is 12.0. The summed E-state index contributed by atoms with van der Waals surface area (Å²) in [4.78, 5) is 0. The van der Waals surface area contributed by atoms with E-state index >= 15 is 0 Å². The fraction of sp³-hybridized carbons (Fsp3) is 0.786. The summed E-state index contributed by atoms with van der Waals surface area (Å²) >= 11 is 3.60. The molecule has 1 unspecified atom stereocenters. The number of nitrogens with one attached hydrogen (secondary N) is 1. The molecule has 0 aromatic carbocycles. The third kappa shape index (κ3) is 6.00. The highest BCUT2D eigenvalue weighted by molar-refractivity contribution is 9.10. The van der Waals surface area contributed by atoms with Gasteiger partial charge in [-0.25, -0.2) is 8.78 Å². The zero-order valence-corrected chi connectivity index (χ0v) is 14.4. The van der Waals surface area contributed by atoms with Gasteiger partial charge in [-0.2, -0.15) is 5.10 Å². The van der Waals surface area contributed by atoms with Crippen LogP contribution in [-0.4, -0.2) is 42.0 Å². The van der Waals surface area contributed by atoms with E-state index in [2.05, 4.69) is 33.3 Å². The highest BCUT2D eigenvalue weighted by atomic mass is 79.9. The predicted molar refractivity (Wildman–Crippen MR) is 82.9 cm³/mol. The first-order valence-electron chi connectivity index (χ1n) is 7.29. The van der Waals surface area contributed by atoms with Gasteiger partial charge in [0.2, 0.25) is 0 Å². The molecule has 0 fully saturated rings. The van der Waals surface area contributed by atoms with Crippen LogP contribution in [0.1, 0.15) is 31.7 Å². The minimum atomic E-state index is -2.40. The first-order valence-corrected chi connectivity index (χ1v) is 8.08. The number of aromatic nitrogens is 2. The van der Waals surface area contributed by atoms with Gasteiger partial charge in [-0.3, -0.25) is 4.68 Å². The fourth-order valence-corrected chi connectivity index (χ4v) is 3.02. The summed E-state index contributed by atoms with van der Waals surface area (Å²) in [5, 5.41) is 7.84. The Kier molecular flexibility index (Phi) is 8.36. The Morgan fingerprint density at radius 2 is 2.10 bits per heavy atom. The van der Waals surface area contributed by atoms with Crippen molar-refractivity contribution in [3.8, 4) is 0 Å². The normalized spacial score (nSPS) is 13.1. The molecular weight excluding hydrogens is 344 g/mol. The van der Waals surface area contributed by atoms with Crippen LogP contribution in [0.5, 0.6) is 0 Å². The van der Waals surface area contributed by atoms with Crippen molar-refractivity contribution < 1.29 is 13.5 Å². The Bertz CT molecular complexity index is 427. The van der Waals surface area contributed by atoms with Crippen LogP contribution in [-0.2, 0) is 24.6 Å². The quantitative estimate of drug-likeness (QED) is 0.646. The van der Waals surface area contributed by atoms with Crippen molar-refractivity contribution in [2.45, 2.75) is 45.6 Å². The molecule has 122 valence electrons. The minimum absolute atomic E-state index is 0.184. The summed E-state index contributed by atoms with van der Waals surface area (Å²) in [6, 6.07) is 0.184. The first kappa shape index (κ1) is 18.5. The monoisotopic (exact) mass is 367 g/mol. The number of aryl methyl sites for hydroxylation is 2. The van der Waals surface area contributed by atoms with Crippen molar-refractivity contribution in [2.24, 2.45) is 7.05 Å². The molecule has 1 atom stereocenters. The van der Waals surface area contributed by atoms with E-state index in [4.69, 9.17) is 4.74 Å². The number of halogens is 3. The Morgan fingerprint density at radius 3 is 2.62 bits per heavy atom. The maximum Gasteiger partial charge on any atom is 0.261 e. The van der Waals surface area contributed by atoms with Crippen molar-refractivity contribution in [1.29, 1.82) is 0 Å². The molecule has 7 heteroatoms. The molecule has 0 spiro atoms. The Hall–Kier alpha value is -0.530. The molecule has 0 aliphatic heterocycles. The van der Waals surface area contributed by atoms with Gasteiger partial charge in [0.05, 0.1) is 15.9 Å². The lowest BCUT2D eigenvalue weighted by Gasteiger charge is -2.18. The van der Waals surface area contributed by atoms with Crippen LogP contribution in [0, 0.1) is 0 Å². The topological polar surface area (TPSA) is 39.1 Å². The van der Waals surface area contributed by atoms with Crippen LogP contribution in [0.4, 0.5) is 8.78 Å². The summed E-state index contributed by atoms with van der Waals surface area (Å²) < 4.78 is 32.0. The van der Waals surface area contributed by atoms with Crippen LogP contribution in [0.15, 0.2) is 4.47 Å². The van der Waals surface area contributed by atoms with Gasteiger partial charge in [-0.05, 0) is 35.3 Å². The van der Waals surface area contributed by atoms with E-state index in [1.165, 1.54) is 0 Å². The van der Waals surface area contributed by atoms with Gasteiger partial charge in [-0.1, -0.05) is 13.8 Å². The van der Waals surface area contributed by atoms with Crippen LogP contribution in [0.3, 0.4) is 0 Å². The van der Waals surface area contributed by atoms with E-state index in [1.54, 1.807) is 0 Å². The lowest BCUT2D eigenvalue weighted by Crippen LogP contribution is -2.33. The third-order valence-electron chi connectivity index (χ3n) is 3.29. The van der Waals surface area contributed by atoms with E-state index in [0.29, 0.717) is 13.0 Å². The number of nitrogens with zero attached hydrogens (tertiary/aromatic N) is 2. The van der Waals surface area contributed by atoms with Crippen molar-refractivity contribution in [2.75, 3.05) is 19.8 Å². The summed E-state index contributed by atoms with van der Waals surface area (Å²) in [6.45, 7) is 4.77.